The van der Waals surface area contributed by atoms with Crippen molar-refractivity contribution in [1.29, 1.82) is 0 Å². The fourth-order valence-electron chi connectivity index (χ4n) is 1.26. The van der Waals surface area contributed by atoms with Crippen LogP contribution in [0.2, 0.25) is 0 Å². The smallest absolute Gasteiger partial charge is 0.222 e. The van der Waals surface area contributed by atoms with Crippen LogP contribution in [0.3, 0.4) is 0 Å². The number of carbonyl (C=O) groups is 1. The standard InChI is InChI=1S/C7H13NO2/c1-3-7(5-10-2)4-6(9)8-7/h3-5H2,1-2H3,(H,8,9). The SMILES string of the molecule is CCC1(COC)CC(=O)N1. The molecule has 1 heterocycles. The van der Waals surface area contributed by atoms with E-state index in [1.807, 2.05) is 0 Å². The molecule has 0 aromatic carbocycles. The summed E-state index contributed by atoms with van der Waals surface area (Å²) in [7, 11) is 1.65. The van der Waals surface area contributed by atoms with E-state index >= 15 is 0 Å². The monoisotopic (exact) mass is 143 g/mol. The molecule has 1 amide bonds. The highest BCUT2D eigenvalue weighted by Gasteiger charge is 2.40. The van der Waals surface area contributed by atoms with Gasteiger partial charge in [-0.25, -0.2) is 0 Å². The first-order chi connectivity index (χ1) is 4.72. The lowest BCUT2D eigenvalue weighted by Crippen LogP contribution is -2.63. The number of methoxy groups -OCH3 is 1. The van der Waals surface area contributed by atoms with Gasteiger partial charge in [-0.3, -0.25) is 4.79 Å². The Balaban J connectivity index is 2.39. The van der Waals surface area contributed by atoms with Crippen molar-refractivity contribution in [2.24, 2.45) is 0 Å². The number of amides is 1. The minimum absolute atomic E-state index is 0.0359. The maximum atomic E-state index is 10.6. The van der Waals surface area contributed by atoms with E-state index in [0.29, 0.717) is 13.0 Å². The fraction of sp³-hybridized carbons (Fsp3) is 0.857. The molecule has 10 heavy (non-hydrogen) atoms. The van der Waals surface area contributed by atoms with Crippen molar-refractivity contribution in [2.45, 2.75) is 25.3 Å². The Labute approximate surface area is 60.7 Å². The molecule has 1 rings (SSSR count). The zero-order valence-corrected chi connectivity index (χ0v) is 6.44. The number of nitrogens with one attached hydrogen (secondary N) is 1. The molecule has 1 atom stereocenters. The summed E-state index contributed by atoms with van der Waals surface area (Å²) in [4.78, 5) is 10.6. The number of rotatable bonds is 3. The predicted molar refractivity (Wildman–Crippen MR) is 37.7 cm³/mol. The summed E-state index contributed by atoms with van der Waals surface area (Å²) in [5.74, 6) is 0.138. The number of hydrogen-bond donors (Lipinski definition) is 1. The Morgan fingerprint density at radius 3 is 2.70 bits per heavy atom. The molecule has 0 spiro atoms. The molecule has 1 saturated heterocycles. The lowest BCUT2D eigenvalue weighted by Gasteiger charge is -2.40. The Bertz CT molecular complexity index is 137. The van der Waals surface area contributed by atoms with Crippen molar-refractivity contribution >= 4 is 5.91 Å². The van der Waals surface area contributed by atoms with Gasteiger partial charge in [0.2, 0.25) is 5.91 Å². The Hall–Kier alpha value is -0.570. The first-order valence-corrected chi connectivity index (χ1v) is 3.52. The second-order valence-electron chi connectivity index (χ2n) is 2.79. The van der Waals surface area contributed by atoms with Crippen molar-refractivity contribution in [3.63, 3.8) is 0 Å². The van der Waals surface area contributed by atoms with Crippen LogP contribution in [0.4, 0.5) is 0 Å². The van der Waals surface area contributed by atoms with Crippen LogP contribution in [0.15, 0.2) is 0 Å². The van der Waals surface area contributed by atoms with Crippen LogP contribution in [-0.4, -0.2) is 25.2 Å². The third-order valence-corrected chi connectivity index (χ3v) is 2.00. The molecular weight excluding hydrogens is 130 g/mol. The molecule has 0 saturated carbocycles. The zero-order valence-electron chi connectivity index (χ0n) is 6.44. The van der Waals surface area contributed by atoms with Crippen molar-refractivity contribution < 1.29 is 9.53 Å². The molecule has 1 aliphatic rings. The van der Waals surface area contributed by atoms with Gasteiger partial charge in [0, 0.05) is 7.11 Å². The van der Waals surface area contributed by atoms with Crippen LogP contribution in [0.5, 0.6) is 0 Å². The van der Waals surface area contributed by atoms with E-state index in [4.69, 9.17) is 4.74 Å². The molecule has 3 heteroatoms. The van der Waals surface area contributed by atoms with Gasteiger partial charge in [0.1, 0.15) is 0 Å². The molecule has 0 radical (unpaired) electrons. The summed E-state index contributed by atoms with van der Waals surface area (Å²) in [6.45, 7) is 2.69. The van der Waals surface area contributed by atoms with Crippen LogP contribution in [0.1, 0.15) is 19.8 Å². The van der Waals surface area contributed by atoms with Crippen molar-refractivity contribution in [2.75, 3.05) is 13.7 Å². The van der Waals surface area contributed by atoms with Crippen molar-refractivity contribution in [1.82, 2.24) is 5.32 Å². The Morgan fingerprint density at radius 1 is 1.80 bits per heavy atom. The molecule has 1 aliphatic heterocycles. The maximum Gasteiger partial charge on any atom is 0.222 e. The molecule has 0 bridgehead atoms. The molecule has 3 nitrogen and oxygen atoms in total. The van der Waals surface area contributed by atoms with Gasteiger partial charge in [-0.15, -0.1) is 0 Å². The van der Waals surface area contributed by atoms with Crippen molar-refractivity contribution in [3.8, 4) is 0 Å². The maximum absolute atomic E-state index is 10.6. The van der Waals surface area contributed by atoms with Gasteiger partial charge < -0.3 is 10.1 Å². The van der Waals surface area contributed by atoms with Gasteiger partial charge in [-0.2, -0.15) is 0 Å². The van der Waals surface area contributed by atoms with E-state index in [9.17, 15) is 4.79 Å². The molecule has 1 fully saturated rings. The van der Waals surface area contributed by atoms with Crippen LogP contribution >= 0.6 is 0 Å². The fourth-order valence-corrected chi connectivity index (χ4v) is 1.26. The largest absolute Gasteiger partial charge is 0.382 e. The van der Waals surface area contributed by atoms with Gasteiger partial charge in [-0.05, 0) is 6.42 Å². The van der Waals surface area contributed by atoms with Gasteiger partial charge in [0.15, 0.2) is 0 Å². The number of β-lactam (4-membered cyclic amide) rings is 1. The third kappa shape index (κ3) is 1.14. The summed E-state index contributed by atoms with van der Waals surface area (Å²) in [6.07, 6.45) is 1.57. The van der Waals surface area contributed by atoms with E-state index < -0.39 is 0 Å². The average molecular weight is 143 g/mol. The first-order valence-electron chi connectivity index (χ1n) is 3.52. The van der Waals surface area contributed by atoms with E-state index in [-0.39, 0.29) is 11.4 Å². The second kappa shape index (κ2) is 2.58. The van der Waals surface area contributed by atoms with Gasteiger partial charge >= 0.3 is 0 Å². The second-order valence-corrected chi connectivity index (χ2v) is 2.79. The molecule has 1 N–H and O–H groups in total. The van der Waals surface area contributed by atoms with Crippen LogP contribution in [-0.2, 0) is 9.53 Å². The van der Waals surface area contributed by atoms with Gasteiger partial charge in [-0.1, -0.05) is 6.92 Å². The van der Waals surface area contributed by atoms with Crippen LogP contribution in [0.25, 0.3) is 0 Å². The summed E-state index contributed by atoms with van der Waals surface area (Å²) >= 11 is 0. The average Bonchev–Trinajstić information content (AvgIpc) is 1.84. The summed E-state index contributed by atoms with van der Waals surface area (Å²) in [6, 6.07) is 0. The highest BCUT2D eigenvalue weighted by atomic mass is 16.5. The highest BCUT2D eigenvalue weighted by molar-refractivity contribution is 5.84. The molecule has 0 aromatic rings. The summed E-state index contributed by atoms with van der Waals surface area (Å²) in [5.41, 5.74) is -0.0359. The quantitative estimate of drug-likeness (QED) is 0.577. The molecular formula is C7H13NO2. The lowest BCUT2D eigenvalue weighted by atomic mass is 9.85. The molecule has 58 valence electrons. The van der Waals surface area contributed by atoms with Crippen LogP contribution in [0, 0.1) is 0 Å². The summed E-state index contributed by atoms with van der Waals surface area (Å²) in [5, 5.41) is 2.84. The van der Waals surface area contributed by atoms with Gasteiger partial charge in [0.05, 0.1) is 18.6 Å². The molecule has 1 unspecified atom stereocenters. The summed E-state index contributed by atoms with van der Waals surface area (Å²) < 4.78 is 4.97. The number of carbonyl (C=O) groups excluding carboxylic acids is 1. The third-order valence-electron chi connectivity index (χ3n) is 2.00. The normalized spacial score (nSPS) is 31.2. The Morgan fingerprint density at radius 2 is 2.40 bits per heavy atom. The minimum atomic E-state index is -0.0359. The molecule has 0 aliphatic carbocycles. The van der Waals surface area contributed by atoms with E-state index in [1.54, 1.807) is 7.11 Å². The zero-order chi connectivity index (χ0) is 7.61. The Kier molecular flexibility index (Phi) is 1.94. The van der Waals surface area contributed by atoms with Gasteiger partial charge in [0.25, 0.3) is 0 Å². The number of ether oxygens (including phenoxy) is 1. The first kappa shape index (κ1) is 7.54. The van der Waals surface area contributed by atoms with E-state index in [0.717, 1.165) is 6.42 Å². The molecule has 0 aromatic heterocycles. The minimum Gasteiger partial charge on any atom is -0.382 e. The van der Waals surface area contributed by atoms with Crippen LogP contribution < -0.4 is 5.32 Å². The van der Waals surface area contributed by atoms with E-state index in [2.05, 4.69) is 12.2 Å². The lowest BCUT2D eigenvalue weighted by molar-refractivity contribution is -0.135. The topological polar surface area (TPSA) is 38.3 Å². The predicted octanol–water partition coefficient (Wildman–Crippen LogP) is 0.301. The van der Waals surface area contributed by atoms with E-state index in [1.165, 1.54) is 0 Å². The van der Waals surface area contributed by atoms with Crippen molar-refractivity contribution in [3.05, 3.63) is 0 Å². The highest BCUT2D eigenvalue weighted by Crippen LogP contribution is 2.23. The number of hydrogen-bond acceptors (Lipinski definition) is 2.